The predicted octanol–water partition coefficient (Wildman–Crippen LogP) is 2.41. The monoisotopic (exact) mass is 380 g/mol. The lowest BCUT2D eigenvalue weighted by Crippen LogP contribution is -2.36. The number of benzene rings is 1. The molecule has 1 aliphatic heterocycles. The topological polar surface area (TPSA) is 81.0 Å². The molecule has 0 saturated carbocycles. The molecular formula is C18H24N2O5S. The maximum Gasteiger partial charge on any atom is 0.244 e. The molecule has 1 atom stereocenters. The molecule has 142 valence electrons. The Morgan fingerprint density at radius 3 is 2.58 bits per heavy atom. The Labute approximate surface area is 153 Å². The van der Waals surface area contributed by atoms with Crippen LogP contribution in [0, 0.1) is 0 Å². The molecule has 7 nitrogen and oxygen atoms in total. The van der Waals surface area contributed by atoms with Gasteiger partial charge in [0.05, 0.1) is 26.5 Å². The first-order chi connectivity index (χ1) is 12.5. The van der Waals surface area contributed by atoms with Crippen LogP contribution in [0.4, 0.5) is 0 Å². The van der Waals surface area contributed by atoms with Gasteiger partial charge in [-0.05, 0) is 50.2 Å². The van der Waals surface area contributed by atoms with Crippen LogP contribution in [0.1, 0.15) is 24.6 Å². The minimum Gasteiger partial charge on any atom is -0.497 e. The molecule has 0 radical (unpaired) electrons. The zero-order valence-corrected chi connectivity index (χ0v) is 15.8. The first kappa shape index (κ1) is 18.8. The average Bonchev–Trinajstić information content (AvgIpc) is 3.35. The second-order valence-electron chi connectivity index (χ2n) is 6.14. The largest absolute Gasteiger partial charge is 0.497 e. The van der Waals surface area contributed by atoms with Crippen LogP contribution >= 0.6 is 0 Å². The third-order valence-corrected chi connectivity index (χ3v) is 6.04. The van der Waals surface area contributed by atoms with Crippen molar-refractivity contribution >= 4 is 10.0 Å². The highest BCUT2D eigenvalue weighted by Gasteiger charge is 2.28. The second-order valence-corrected chi connectivity index (χ2v) is 7.88. The molecule has 0 bridgehead atoms. The molecular weight excluding hydrogens is 356 g/mol. The number of likely N-dealkylation sites (tertiary alicyclic amines) is 1. The van der Waals surface area contributed by atoms with Crippen LogP contribution in [0.15, 0.2) is 45.9 Å². The molecule has 8 heteroatoms. The summed E-state index contributed by atoms with van der Waals surface area (Å²) in [6.07, 6.45) is 3.83. The number of hydrogen-bond acceptors (Lipinski definition) is 6. The van der Waals surface area contributed by atoms with E-state index in [9.17, 15) is 8.42 Å². The first-order valence-corrected chi connectivity index (χ1v) is 10.0. The van der Waals surface area contributed by atoms with Gasteiger partial charge in [-0.25, -0.2) is 13.1 Å². The lowest BCUT2D eigenvalue weighted by atomic mass is 10.2. The number of ether oxygens (including phenoxy) is 2. The van der Waals surface area contributed by atoms with E-state index in [2.05, 4.69) is 9.62 Å². The molecule has 1 aromatic carbocycles. The first-order valence-electron chi connectivity index (χ1n) is 8.54. The molecule has 1 fully saturated rings. The zero-order valence-electron chi connectivity index (χ0n) is 15.0. The summed E-state index contributed by atoms with van der Waals surface area (Å²) in [5, 5.41) is 0. The van der Waals surface area contributed by atoms with Crippen molar-refractivity contribution in [3.05, 3.63) is 42.4 Å². The van der Waals surface area contributed by atoms with Gasteiger partial charge in [0.1, 0.15) is 22.2 Å². The van der Waals surface area contributed by atoms with Crippen molar-refractivity contribution < 1.29 is 22.3 Å². The van der Waals surface area contributed by atoms with E-state index < -0.39 is 10.0 Å². The fourth-order valence-corrected chi connectivity index (χ4v) is 4.39. The van der Waals surface area contributed by atoms with Gasteiger partial charge in [0.2, 0.25) is 10.0 Å². The van der Waals surface area contributed by atoms with E-state index in [0.29, 0.717) is 5.75 Å². The van der Waals surface area contributed by atoms with E-state index in [4.69, 9.17) is 13.9 Å². The second kappa shape index (κ2) is 8.11. The predicted molar refractivity (Wildman–Crippen MR) is 97.0 cm³/mol. The lowest BCUT2D eigenvalue weighted by Gasteiger charge is -2.26. The van der Waals surface area contributed by atoms with Gasteiger partial charge in [0.25, 0.3) is 0 Å². The smallest absolute Gasteiger partial charge is 0.244 e. The molecule has 1 aromatic heterocycles. The van der Waals surface area contributed by atoms with Gasteiger partial charge in [-0.2, -0.15) is 0 Å². The molecule has 0 spiro atoms. The minimum absolute atomic E-state index is 0.0837. The van der Waals surface area contributed by atoms with Crippen LogP contribution in [0.25, 0.3) is 0 Å². The third kappa shape index (κ3) is 4.03. The van der Waals surface area contributed by atoms with Gasteiger partial charge in [-0.3, -0.25) is 4.90 Å². The summed E-state index contributed by atoms with van der Waals surface area (Å²) in [6.45, 7) is 2.09. The number of methoxy groups -OCH3 is 2. The molecule has 1 aliphatic rings. The highest BCUT2D eigenvalue weighted by Crippen LogP contribution is 2.29. The van der Waals surface area contributed by atoms with Crippen LogP contribution in [0.3, 0.4) is 0 Å². The van der Waals surface area contributed by atoms with Gasteiger partial charge in [0.15, 0.2) is 0 Å². The lowest BCUT2D eigenvalue weighted by molar-refractivity contribution is 0.216. The standard InChI is InChI=1S/C18H24N2O5S/c1-23-14-7-8-18(17(12-14)24-2)26(21,22)19-13-15(16-6-5-11-25-16)20-9-3-4-10-20/h5-8,11-12,15,19H,3-4,9-10,13H2,1-2H3. The van der Waals surface area contributed by atoms with Crippen LogP contribution in [-0.2, 0) is 10.0 Å². The Bertz CT molecular complexity index is 814. The summed E-state index contributed by atoms with van der Waals surface area (Å²) >= 11 is 0. The summed E-state index contributed by atoms with van der Waals surface area (Å²) in [7, 11) is -0.789. The number of nitrogens with one attached hydrogen (secondary N) is 1. The van der Waals surface area contributed by atoms with E-state index >= 15 is 0 Å². The Hall–Kier alpha value is -2.03. The number of nitrogens with zero attached hydrogens (tertiary/aromatic N) is 1. The van der Waals surface area contributed by atoms with Crippen molar-refractivity contribution in [2.24, 2.45) is 0 Å². The number of hydrogen-bond donors (Lipinski definition) is 1. The van der Waals surface area contributed by atoms with Gasteiger partial charge >= 0.3 is 0 Å². The summed E-state index contributed by atoms with van der Waals surface area (Å²) in [6, 6.07) is 8.20. The molecule has 0 amide bonds. The van der Waals surface area contributed by atoms with Crippen molar-refractivity contribution in [3.63, 3.8) is 0 Å². The maximum absolute atomic E-state index is 12.8. The summed E-state index contributed by atoms with van der Waals surface area (Å²) < 4.78 is 44.2. The molecule has 3 rings (SSSR count). The average molecular weight is 380 g/mol. The quantitative estimate of drug-likeness (QED) is 0.757. The van der Waals surface area contributed by atoms with Crippen molar-refractivity contribution in [1.29, 1.82) is 0 Å². The van der Waals surface area contributed by atoms with Crippen molar-refractivity contribution in [1.82, 2.24) is 9.62 Å². The number of furan rings is 1. The van der Waals surface area contributed by atoms with Crippen LogP contribution in [0.2, 0.25) is 0 Å². The van der Waals surface area contributed by atoms with Crippen LogP contribution in [0.5, 0.6) is 11.5 Å². The molecule has 2 aromatic rings. The van der Waals surface area contributed by atoms with E-state index in [1.807, 2.05) is 12.1 Å². The van der Waals surface area contributed by atoms with Crippen molar-refractivity contribution in [2.75, 3.05) is 33.9 Å². The molecule has 1 N–H and O–H groups in total. The van der Waals surface area contributed by atoms with Gasteiger partial charge in [-0.1, -0.05) is 0 Å². The highest BCUT2D eigenvalue weighted by molar-refractivity contribution is 7.89. The SMILES string of the molecule is COc1ccc(S(=O)(=O)NCC(c2ccco2)N2CCCC2)c(OC)c1. The Morgan fingerprint density at radius 1 is 1.19 bits per heavy atom. The van der Waals surface area contributed by atoms with Gasteiger partial charge in [0, 0.05) is 12.6 Å². The maximum atomic E-state index is 12.8. The van der Waals surface area contributed by atoms with E-state index in [-0.39, 0.29) is 23.2 Å². The Balaban J connectivity index is 1.80. The van der Waals surface area contributed by atoms with E-state index in [0.717, 1.165) is 31.7 Å². The molecule has 1 saturated heterocycles. The number of rotatable bonds is 8. The third-order valence-electron chi connectivity index (χ3n) is 4.58. The van der Waals surface area contributed by atoms with E-state index in [1.165, 1.54) is 20.3 Å². The van der Waals surface area contributed by atoms with Gasteiger partial charge < -0.3 is 13.9 Å². The van der Waals surface area contributed by atoms with Crippen molar-refractivity contribution in [2.45, 2.75) is 23.8 Å². The molecule has 0 aliphatic carbocycles. The van der Waals surface area contributed by atoms with Gasteiger partial charge in [-0.15, -0.1) is 0 Å². The van der Waals surface area contributed by atoms with Crippen LogP contribution < -0.4 is 14.2 Å². The Morgan fingerprint density at radius 2 is 1.96 bits per heavy atom. The fourth-order valence-electron chi connectivity index (χ4n) is 3.21. The fraction of sp³-hybridized carbons (Fsp3) is 0.444. The molecule has 2 heterocycles. The summed E-state index contributed by atoms with van der Waals surface area (Å²) in [5.74, 6) is 1.54. The van der Waals surface area contributed by atoms with Crippen LogP contribution in [-0.4, -0.2) is 47.2 Å². The Kier molecular flexibility index (Phi) is 5.85. The van der Waals surface area contributed by atoms with E-state index in [1.54, 1.807) is 18.4 Å². The zero-order chi connectivity index (χ0) is 18.6. The molecule has 26 heavy (non-hydrogen) atoms. The summed E-state index contributed by atoms with van der Waals surface area (Å²) in [5.41, 5.74) is 0. The highest BCUT2D eigenvalue weighted by atomic mass is 32.2. The van der Waals surface area contributed by atoms with Crippen molar-refractivity contribution in [3.8, 4) is 11.5 Å². The minimum atomic E-state index is -3.74. The summed E-state index contributed by atoms with van der Waals surface area (Å²) in [4.78, 5) is 2.33. The molecule has 1 unspecified atom stereocenters. The number of sulfonamides is 1. The normalized spacial score (nSPS) is 16.5.